The van der Waals surface area contributed by atoms with Crippen LogP contribution in [-0.4, -0.2) is 9.78 Å². The number of rotatable bonds is 3. The van der Waals surface area contributed by atoms with Crippen LogP contribution in [0.3, 0.4) is 0 Å². The minimum atomic E-state index is 0.322. The number of nitrogens with zero attached hydrogens (tertiary/aromatic N) is 2. The number of ether oxygens (including phenoxy) is 1. The highest BCUT2D eigenvalue weighted by Gasteiger charge is 2.06. The molecule has 2 N–H and O–H groups in total. The fraction of sp³-hybridized carbons (Fsp3) is 0.182. The first-order chi connectivity index (χ1) is 7.66. The Morgan fingerprint density at radius 2 is 2.25 bits per heavy atom. The smallest absolute Gasteiger partial charge is 0.233 e. The summed E-state index contributed by atoms with van der Waals surface area (Å²) in [7, 11) is 1.83. The van der Waals surface area contributed by atoms with Crippen LogP contribution in [0.15, 0.2) is 30.5 Å². The van der Waals surface area contributed by atoms with Crippen LogP contribution in [0.5, 0.6) is 5.88 Å². The second kappa shape index (κ2) is 4.45. The van der Waals surface area contributed by atoms with Crippen molar-refractivity contribution in [3.05, 3.63) is 41.0 Å². The summed E-state index contributed by atoms with van der Waals surface area (Å²) < 4.78 is 7.15. The van der Waals surface area contributed by atoms with Crippen molar-refractivity contribution in [1.29, 1.82) is 0 Å². The summed E-state index contributed by atoms with van der Waals surface area (Å²) in [5, 5.41) is 4.70. The molecular formula is C11H12ClN3O. The molecular weight excluding hydrogens is 226 g/mol. The van der Waals surface area contributed by atoms with Gasteiger partial charge in [-0.1, -0.05) is 17.7 Å². The van der Waals surface area contributed by atoms with Gasteiger partial charge in [-0.15, -0.1) is 5.10 Å². The van der Waals surface area contributed by atoms with Gasteiger partial charge in [0, 0.05) is 35.6 Å². The second-order valence-electron chi connectivity index (χ2n) is 3.42. The van der Waals surface area contributed by atoms with E-state index in [0.717, 1.165) is 5.56 Å². The van der Waals surface area contributed by atoms with Crippen LogP contribution in [0.4, 0.5) is 5.69 Å². The van der Waals surface area contributed by atoms with Crippen LogP contribution < -0.4 is 10.5 Å². The van der Waals surface area contributed by atoms with Crippen molar-refractivity contribution in [3.63, 3.8) is 0 Å². The molecule has 0 aliphatic carbocycles. The molecule has 84 valence electrons. The molecule has 1 heterocycles. The summed E-state index contributed by atoms with van der Waals surface area (Å²) in [6, 6.07) is 7.17. The van der Waals surface area contributed by atoms with E-state index in [1.54, 1.807) is 22.9 Å². The molecule has 0 atom stereocenters. The van der Waals surface area contributed by atoms with Gasteiger partial charge in [0.25, 0.3) is 0 Å². The zero-order valence-electron chi connectivity index (χ0n) is 8.85. The fourth-order valence-electron chi connectivity index (χ4n) is 1.34. The largest absolute Gasteiger partial charge is 0.472 e. The molecule has 0 spiro atoms. The average Bonchev–Trinajstić information content (AvgIpc) is 2.63. The van der Waals surface area contributed by atoms with Gasteiger partial charge in [-0.25, -0.2) is 0 Å². The summed E-state index contributed by atoms with van der Waals surface area (Å²) in [6.45, 7) is 0.322. The lowest BCUT2D eigenvalue weighted by Gasteiger charge is -2.07. The Morgan fingerprint density at radius 3 is 2.88 bits per heavy atom. The van der Waals surface area contributed by atoms with Crippen LogP contribution >= 0.6 is 11.6 Å². The quantitative estimate of drug-likeness (QED) is 0.833. The third-order valence-corrected chi connectivity index (χ3v) is 2.56. The van der Waals surface area contributed by atoms with E-state index in [4.69, 9.17) is 22.1 Å². The number of hydrogen-bond donors (Lipinski definition) is 1. The molecule has 16 heavy (non-hydrogen) atoms. The van der Waals surface area contributed by atoms with Crippen molar-refractivity contribution < 1.29 is 4.74 Å². The van der Waals surface area contributed by atoms with Gasteiger partial charge in [0.05, 0.1) is 0 Å². The second-order valence-corrected chi connectivity index (χ2v) is 3.83. The maximum Gasteiger partial charge on any atom is 0.233 e. The number of hydrogen-bond acceptors (Lipinski definition) is 3. The monoisotopic (exact) mass is 237 g/mol. The normalized spacial score (nSPS) is 10.4. The van der Waals surface area contributed by atoms with Crippen LogP contribution in [0.1, 0.15) is 5.56 Å². The van der Waals surface area contributed by atoms with Crippen LogP contribution in [-0.2, 0) is 13.7 Å². The van der Waals surface area contributed by atoms with Gasteiger partial charge in [0.2, 0.25) is 5.88 Å². The van der Waals surface area contributed by atoms with Crippen molar-refractivity contribution in [2.45, 2.75) is 6.61 Å². The predicted octanol–water partition coefficient (Wildman–Crippen LogP) is 2.23. The van der Waals surface area contributed by atoms with Gasteiger partial charge in [0.15, 0.2) is 0 Å². The minimum absolute atomic E-state index is 0.322. The molecule has 5 heteroatoms. The molecule has 0 saturated heterocycles. The van der Waals surface area contributed by atoms with E-state index in [-0.39, 0.29) is 0 Å². The Labute approximate surface area is 98.6 Å². The zero-order valence-corrected chi connectivity index (χ0v) is 9.61. The number of aryl methyl sites for hydroxylation is 1. The standard InChI is InChI=1S/C11H12ClN3O/c1-15-6-5-11(14-15)16-7-8-9(12)3-2-4-10(8)13/h2-6H,7,13H2,1H3. The van der Waals surface area contributed by atoms with Crippen molar-refractivity contribution in [1.82, 2.24) is 9.78 Å². The van der Waals surface area contributed by atoms with Crippen molar-refractivity contribution in [2.24, 2.45) is 7.05 Å². The summed E-state index contributed by atoms with van der Waals surface area (Å²) >= 11 is 6.02. The first kappa shape index (κ1) is 10.8. The third-order valence-electron chi connectivity index (χ3n) is 2.21. The van der Waals surface area contributed by atoms with Gasteiger partial charge in [-0.3, -0.25) is 4.68 Å². The highest BCUT2D eigenvalue weighted by Crippen LogP contribution is 2.23. The lowest BCUT2D eigenvalue weighted by molar-refractivity contribution is 0.291. The van der Waals surface area contributed by atoms with E-state index in [0.29, 0.717) is 23.2 Å². The maximum absolute atomic E-state index is 6.02. The molecule has 0 bridgehead atoms. The predicted molar refractivity (Wildman–Crippen MR) is 63.4 cm³/mol. The molecule has 0 amide bonds. The summed E-state index contributed by atoms with van der Waals surface area (Å²) in [4.78, 5) is 0. The van der Waals surface area contributed by atoms with Crippen LogP contribution in [0.25, 0.3) is 0 Å². The maximum atomic E-state index is 6.02. The Bertz CT molecular complexity index is 475. The van der Waals surface area contributed by atoms with E-state index in [1.807, 2.05) is 19.3 Å². The lowest BCUT2D eigenvalue weighted by atomic mass is 10.2. The van der Waals surface area contributed by atoms with E-state index >= 15 is 0 Å². The Kier molecular flexibility index (Phi) is 3.01. The molecule has 0 aliphatic rings. The number of halogens is 1. The molecule has 0 fully saturated rings. The van der Waals surface area contributed by atoms with Crippen molar-refractivity contribution in [2.75, 3.05) is 5.73 Å². The minimum Gasteiger partial charge on any atom is -0.472 e. The first-order valence-corrected chi connectivity index (χ1v) is 5.20. The highest BCUT2D eigenvalue weighted by atomic mass is 35.5. The Balaban J connectivity index is 2.10. The number of nitrogens with two attached hydrogens (primary N) is 1. The Hall–Kier alpha value is -1.68. The molecule has 2 rings (SSSR count). The third kappa shape index (κ3) is 2.28. The fourth-order valence-corrected chi connectivity index (χ4v) is 1.58. The van der Waals surface area contributed by atoms with E-state index in [2.05, 4.69) is 5.10 Å². The number of nitrogen functional groups attached to an aromatic ring is 1. The number of benzene rings is 1. The molecule has 2 aromatic rings. The molecule has 0 aliphatic heterocycles. The SMILES string of the molecule is Cn1ccc(OCc2c(N)cccc2Cl)n1. The van der Waals surface area contributed by atoms with Gasteiger partial charge in [-0.2, -0.15) is 0 Å². The van der Waals surface area contributed by atoms with Gasteiger partial charge in [0.1, 0.15) is 6.61 Å². The lowest BCUT2D eigenvalue weighted by Crippen LogP contribution is -2.01. The van der Waals surface area contributed by atoms with E-state index in [1.165, 1.54) is 0 Å². The van der Waals surface area contributed by atoms with Crippen molar-refractivity contribution >= 4 is 17.3 Å². The number of anilines is 1. The Morgan fingerprint density at radius 1 is 1.44 bits per heavy atom. The topological polar surface area (TPSA) is 53.1 Å². The zero-order chi connectivity index (χ0) is 11.5. The summed E-state index contributed by atoms with van der Waals surface area (Å²) in [6.07, 6.45) is 1.81. The first-order valence-electron chi connectivity index (χ1n) is 4.82. The molecule has 0 radical (unpaired) electrons. The van der Waals surface area contributed by atoms with Crippen LogP contribution in [0.2, 0.25) is 5.02 Å². The van der Waals surface area contributed by atoms with Crippen LogP contribution in [0, 0.1) is 0 Å². The van der Waals surface area contributed by atoms with Gasteiger partial charge < -0.3 is 10.5 Å². The summed E-state index contributed by atoms with van der Waals surface area (Å²) in [5.74, 6) is 0.557. The average molecular weight is 238 g/mol. The molecule has 0 unspecified atom stereocenters. The van der Waals surface area contributed by atoms with Gasteiger partial charge in [-0.05, 0) is 12.1 Å². The molecule has 1 aromatic heterocycles. The molecule has 4 nitrogen and oxygen atoms in total. The van der Waals surface area contributed by atoms with Gasteiger partial charge >= 0.3 is 0 Å². The molecule has 1 aromatic carbocycles. The summed E-state index contributed by atoms with van der Waals surface area (Å²) in [5.41, 5.74) is 7.22. The van der Waals surface area contributed by atoms with E-state index < -0.39 is 0 Å². The van der Waals surface area contributed by atoms with E-state index in [9.17, 15) is 0 Å². The number of aromatic nitrogens is 2. The highest BCUT2D eigenvalue weighted by molar-refractivity contribution is 6.31. The van der Waals surface area contributed by atoms with Crippen molar-refractivity contribution in [3.8, 4) is 5.88 Å². The molecule has 0 saturated carbocycles.